The van der Waals surface area contributed by atoms with E-state index in [1.807, 2.05) is 24.4 Å². The molecule has 4 heteroatoms. The number of rotatable bonds is 5. The number of pyridine rings is 1. The quantitative estimate of drug-likeness (QED) is 0.851. The van der Waals surface area contributed by atoms with E-state index >= 15 is 0 Å². The molecule has 0 aliphatic heterocycles. The van der Waals surface area contributed by atoms with Gasteiger partial charge in [-0.3, -0.25) is 0 Å². The minimum absolute atomic E-state index is 0.0796. The summed E-state index contributed by atoms with van der Waals surface area (Å²) in [4.78, 5) is 4.47. The molecular formula is C19H22FN3. The molecule has 23 heavy (non-hydrogen) atoms. The van der Waals surface area contributed by atoms with E-state index in [2.05, 4.69) is 21.7 Å². The van der Waals surface area contributed by atoms with Crippen molar-refractivity contribution in [3.05, 3.63) is 54.0 Å². The topological polar surface area (TPSA) is 37.0 Å². The van der Waals surface area contributed by atoms with Crippen molar-refractivity contribution in [1.29, 1.82) is 0 Å². The van der Waals surface area contributed by atoms with Crippen LogP contribution < -0.4 is 10.6 Å². The summed E-state index contributed by atoms with van der Waals surface area (Å²) in [7, 11) is 0. The number of aromatic nitrogens is 1. The molecule has 0 spiro atoms. The zero-order valence-electron chi connectivity index (χ0n) is 13.1. The number of benzene rings is 1. The van der Waals surface area contributed by atoms with Gasteiger partial charge in [-0.1, -0.05) is 18.2 Å². The standard InChI is InChI=1S/C19H22FN3/c20-18-7-2-1-6-17(18)13-10-16(11-13)22-15-8-9-19(21-12-15)23-14-4-3-5-14/h1-2,6-9,12-14,16,22H,3-5,10-11H2,(H,21,23). The molecule has 2 fully saturated rings. The van der Waals surface area contributed by atoms with Gasteiger partial charge in [-0.05, 0) is 61.8 Å². The summed E-state index contributed by atoms with van der Waals surface area (Å²) in [6.07, 6.45) is 7.66. The Kier molecular flexibility index (Phi) is 3.90. The van der Waals surface area contributed by atoms with Crippen molar-refractivity contribution in [2.75, 3.05) is 10.6 Å². The highest BCUT2D eigenvalue weighted by atomic mass is 19.1. The van der Waals surface area contributed by atoms with Crippen molar-refractivity contribution >= 4 is 11.5 Å². The Balaban J connectivity index is 1.29. The molecule has 0 radical (unpaired) electrons. The Morgan fingerprint density at radius 3 is 2.43 bits per heavy atom. The predicted molar refractivity (Wildman–Crippen MR) is 91.3 cm³/mol. The van der Waals surface area contributed by atoms with Gasteiger partial charge in [0.15, 0.2) is 0 Å². The molecule has 0 amide bonds. The van der Waals surface area contributed by atoms with E-state index in [1.54, 1.807) is 12.1 Å². The minimum Gasteiger partial charge on any atom is -0.381 e. The molecule has 0 unspecified atom stereocenters. The summed E-state index contributed by atoms with van der Waals surface area (Å²) in [5, 5.41) is 6.93. The SMILES string of the molecule is Fc1ccccc1C1CC(Nc2ccc(NC3CCC3)nc2)C1. The third-order valence-corrected chi connectivity index (χ3v) is 5.07. The first kappa shape index (κ1) is 14.5. The van der Waals surface area contributed by atoms with E-state index in [1.165, 1.54) is 19.3 Å². The van der Waals surface area contributed by atoms with Crippen molar-refractivity contribution < 1.29 is 4.39 Å². The molecule has 1 aromatic heterocycles. The highest BCUT2D eigenvalue weighted by Crippen LogP contribution is 2.39. The zero-order valence-corrected chi connectivity index (χ0v) is 13.1. The van der Waals surface area contributed by atoms with Crippen LogP contribution in [0.5, 0.6) is 0 Å². The summed E-state index contributed by atoms with van der Waals surface area (Å²) >= 11 is 0. The Hall–Kier alpha value is -2.10. The summed E-state index contributed by atoms with van der Waals surface area (Å²) < 4.78 is 13.8. The van der Waals surface area contributed by atoms with Crippen LogP contribution in [0.3, 0.4) is 0 Å². The molecule has 2 N–H and O–H groups in total. The first-order chi connectivity index (χ1) is 11.3. The third-order valence-electron chi connectivity index (χ3n) is 5.07. The van der Waals surface area contributed by atoms with Crippen molar-refractivity contribution in [2.45, 2.75) is 50.1 Å². The molecule has 3 nitrogen and oxygen atoms in total. The van der Waals surface area contributed by atoms with Crippen molar-refractivity contribution in [2.24, 2.45) is 0 Å². The summed E-state index contributed by atoms with van der Waals surface area (Å²) in [6.45, 7) is 0. The maximum absolute atomic E-state index is 13.8. The van der Waals surface area contributed by atoms with E-state index in [-0.39, 0.29) is 5.82 Å². The van der Waals surface area contributed by atoms with Crippen molar-refractivity contribution in [3.63, 3.8) is 0 Å². The average molecular weight is 311 g/mol. The van der Waals surface area contributed by atoms with Crippen LogP contribution in [0, 0.1) is 5.82 Å². The van der Waals surface area contributed by atoms with Gasteiger partial charge in [0.25, 0.3) is 0 Å². The van der Waals surface area contributed by atoms with E-state index in [0.29, 0.717) is 18.0 Å². The van der Waals surface area contributed by atoms with Gasteiger partial charge < -0.3 is 10.6 Å². The lowest BCUT2D eigenvalue weighted by Gasteiger charge is -2.37. The highest BCUT2D eigenvalue weighted by molar-refractivity contribution is 5.49. The molecule has 2 saturated carbocycles. The van der Waals surface area contributed by atoms with Gasteiger partial charge in [-0.25, -0.2) is 9.37 Å². The number of hydrogen-bond acceptors (Lipinski definition) is 3. The van der Waals surface area contributed by atoms with Crippen LogP contribution in [0.4, 0.5) is 15.9 Å². The largest absolute Gasteiger partial charge is 0.381 e. The zero-order chi connectivity index (χ0) is 15.6. The van der Waals surface area contributed by atoms with Crippen LogP contribution in [0.15, 0.2) is 42.6 Å². The predicted octanol–water partition coefficient (Wildman–Crippen LogP) is 4.54. The molecule has 2 aliphatic carbocycles. The number of nitrogens with one attached hydrogen (secondary N) is 2. The molecule has 0 saturated heterocycles. The molecule has 0 atom stereocenters. The normalized spacial score (nSPS) is 23.7. The van der Waals surface area contributed by atoms with E-state index in [4.69, 9.17) is 0 Å². The van der Waals surface area contributed by atoms with Crippen molar-refractivity contribution in [3.8, 4) is 0 Å². The van der Waals surface area contributed by atoms with Gasteiger partial charge in [-0.2, -0.15) is 0 Å². The maximum Gasteiger partial charge on any atom is 0.126 e. The van der Waals surface area contributed by atoms with E-state index < -0.39 is 0 Å². The van der Waals surface area contributed by atoms with Crippen LogP contribution >= 0.6 is 0 Å². The first-order valence-corrected chi connectivity index (χ1v) is 8.51. The monoisotopic (exact) mass is 311 g/mol. The Morgan fingerprint density at radius 1 is 0.957 bits per heavy atom. The lowest BCUT2D eigenvalue weighted by Crippen LogP contribution is -2.34. The number of hydrogen-bond donors (Lipinski definition) is 2. The fraction of sp³-hybridized carbons (Fsp3) is 0.421. The molecule has 2 aliphatic rings. The maximum atomic E-state index is 13.8. The van der Waals surface area contributed by atoms with E-state index in [0.717, 1.165) is 29.9 Å². The summed E-state index contributed by atoms with van der Waals surface area (Å²) in [6, 6.07) is 12.2. The van der Waals surface area contributed by atoms with Crippen LogP contribution in [0.2, 0.25) is 0 Å². The molecular weight excluding hydrogens is 289 g/mol. The fourth-order valence-corrected chi connectivity index (χ4v) is 3.36. The second-order valence-corrected chi connectivity index (χ2v) is 6.74. The molecule has 4 rings (SSSR count). The second-order valence-electron chi connectivity index (χ2n) is 6.74. The highest BCUT2D eigenvalue weighted by Gasteiger charge is 2.31. The fourth-order valence-electron chi connectivity index (χ4n) is 3.36. The second kappa shape index (κ2) is 6.19. The van der Waals surface area contributed by atoms with Crippen LogP contribution in [0.25, 0.3) is 0 Å². The van der Waals surface area contributed by atoms with Gasteiger partial charge in [-0.15, -0.1) is 0 Å². The first-order valence-electron chi connectivity index (χ1n) is 8.51. The number of anilines is 2. The lowest BCUT2D eigenvalue weighted by atomic mass is 9.75. The lowest BCUT2D eigenvalue weighted by molar-refractivity contribution is 0.363. The summed E-state index contributed by atoms with van der Waals surface area (Å²) in [5.74, 6) is 1.21. The number of nitrogens with zero attached hydrogens (tertiary/aromatic N) is 1. The smallest absolute Gasteiger partial charge is 0.126 e. The van der Waals surface area contributed by atoms with Crippen molar-refractivity contribution in [1.82, 2.24) is 4.98 Å². The van der Waals surface area contributed by atoms with Crippen LogP contribution in [-0.4, -0.2) is 17.1 Å². The van der Waals surface area contributed by atoms with Gasteiger partial charge >= 0.3 is 0 Å². The molecule has 2 aromatic rings. The Bertz CT molecular complexity index is 661. The molecule has 120 valence electrons. The minimum atomic E-state index is -0.0796. The molecule has 1 aromatic carbocycles. The van der Waals surface area contributed by atoms with Crippen LogP contribution in [0.1, 0.15) is 43.6 Å². The van der Waals surface area contributed by atoms with Gasteiger partial charge in [0.05, 0.1) is 11.9 Å². The Morgan fingerprint density at radius 2 is 1.78 bits per heavy atom. The van der Waals surface area contributed by atoms with Gasteiger partial charge in [0.2, 0.25) is 0 Å². The third kappa shape index (κ3) is 3.16. The van der Waals surface area contributed by atoms with Crippen LogP contribution in [-0.2, 0) is 0 Å². The average Bonchev–Trinajstić information content (AvgIpc) is 2.49. The molecule has 1 heterocycles. The Labute approximate surface area is 136 Å². The molecule has 0 bridgehead atoms. The van der Waals surface area contributed by atoms with E-state index in [9.17, 15) is 4.39 Å². The number of halogens is 1. The van der Waals surface area contributed by atoms with Gasteiger partial charge in [0.1, 0.15) is 11.6 Å². The summed E-state index contributed by atoms with van der Waals surface area (Å²) in [5.41, 5.74) is 1.89. The van der Waals surface area contributed by atoms with Gasteiger partial charge in [0, 0.05) is 12.1 Å².